The molecule has 0 aliphatic heterocycles. The number of carbonyl (C=O) groups is 1. The molecule has 0 bridgehead atoms. The smallest absolute Gasteiger partial charge is 0.325 e. The molecule has 0 unspecified atom stereocenters. The van der Waals surface area contributed by atoms with E-state index in [0.717, 1.165) is 6.42 Å². The zero-order chi connectivity index (χ0) is 16.8. The van der Waals surface area contributed by atoms with Gasteiger partial charge in [-0.25, -0.2) is 9.89 Å². The summed E-state index contributed by atoms with van der Waals surface area (Å²) >= 11 is 1.22. The highest BCUT2D eigenvalue weighted by Crippen LogP contribution is 2.21. The number of H-pyrrole nitrogens is 1. The van der Waals surface area contributed by atoms with Crippen LogP contribution < -0.4 is 11.0 Å². The van der Waals surface area contributed by atoms with Crippen molar-refractivity contribution in [3.8, 4) is 6.07 Å². The summed E-state index contributed by atoms with van der Waals surface area (Å²) in [5.41, 5.74) is 0.883. The number of anilines is 1. The molecule has 0 spiro atoms. The largest absolute Gasteiger partial charge is 0.343 e. The van der Waals surface area contributed by atoms with Crippen LogP contribution in [0.2, 0.25) is 0 Å². The molecule has 1 amide bonds. The van der Waals surface area contributed by atoms with Crippen molar-refractivity contribution in [1.29, 1.82) is 5.26 Å². The second-order valence-corrected chi connectivity index (χ2v) is 6.21. The normalized spacial score (nSPS) is 11.7. The Morgan fingerprint density at radius 3 is 2.78 bits per heavy atom. The van der Waals surface area contributed by atoms with Gasteiger partial charge in [0.05, 0.1) is 16.9 Å². The van der Waals surface area contributed by atoms with Crippen LogP contribution in [0.4, 0.5) is 5.69 Å². The second-order valence-electron chi connectivity index (χ2n) is 4.90. The molecule has 1 heterocycles. The Bertz CT molecular complexity index is 772. The summed E-state index contributed by atoms with van der Waals surface area (Å²) in [7, 11) is 0. The standard InChI is InChI=1S/C15H17N5O2S/c1-3-8-20-14(22)18-19-15(20)23-10(2)13(21)17-12-6-4-11(9-16)5-7-12/h4-7,10H,3,8H2,1-2H3,(H,17,21)(H,18,22)/t10-/m1/s1. The fraction of sp³-hybridized carbons (Fsp3) is 0.333. The molecule has 2 rings (SSSR count). The van der Waals surface area contributed by atoms with Gasteiger partial charge in [0.2, 0.25) is 5.91 Å². The third-order valence-electron chi connectivity index (χ3n) is 3.10. The number of carbonyl (C=O) groups excluding carboxylic acids is 1. The van der Waals surface area contributed by atoms with Gasteiger partial charge >= 0.3 is 5.69 Å². The molecule has 0 radical (unpaired) electrons. The van der Waals surface area contributed by atoms with Crippen LogP contribution in [0.1, 0.15) is 25.8 Å². The summed E-state index contributed by atoms with van der Waals surface area (Å²) in [6, 6.07) is 8.65. The van der Waals surface area contributed by atoms with Crippen LogP contribution in [0.15, 0.2) is 34.2 Å². The number of rotatable bonds is 6. The summed E-state index contributed by atoms with van der Waals surface area (Å²) in [6.07, 6.45) is 0.804. The number of hydrogen-bond acceptors (Lipinski definition) is 5. The zero-order valence-electron chi connectivity index (χ0n) is 12.9. The molecule has 0 saturated carbocycles. The molecule has 120 valence electrons. The molecular weight excluding hydrogens is 314 g/mol. The molecule has 23 heavy (non-hydrogen) atoms. The van der Waals surface area contributed by atoms with E-state index in [-0.39, 0.29) is 11.6 Å². The lowest BCUT2D eigenvalue weighted by Gasteiger charge is -2.12. The first kappa shape index (κ1) is 16.8. The molecule has 1 aromatic carbocycles. The summed E-state index contributed by atoms with van der Waals surface area (Å²) in [4.78, 5) is 23.9. The lowest BCUT2D eigenvalue weighted by molar-refractivity contribution is -0.115. The summed E-state index contributed by atoms with van der Waals surface area (Å²) < 4.78 is 1.52. The average molecular weight is 331 g/mol. The van der Waals surface area contributed by atoms with Gasteiger partial charge in [-0.15, -0.1) is 5.10 Å². The zero-order valence-corrected chi connectivity index (χ0v) is 13.7. The lowest BCUT2D eigenvalue weighted by atomic mass is 10.2. The van der Waals surface area contributed by atoms with Crippen molar-refractivity contribution in [1.82, 2.24) is 14.8 Å². The van der Waals surface area contributed by atoms with E-state index in [9.17, 15) is 9.59 Å². The highest BCUT2D eigenvalue weighted by Gasteiger charge is 2.18. The van der Waals surface area contributed by atoms with Gasteiger partial charge in [0.15, 0.2) is 5.16 Å². The van der Waals surface area contributed by atoms with E-state index in [1.54, 1.807) is 31.2 Å². The van der Waals surface area contributed by atoms with Crippen LogP contribution in [-0.2, 0) is 11.3 Å². The van der Waals surface area contributed by atoms with Crippen molar-refractivity contribution in [2.45, 2.75) is 37.2 Å². The lowest BCUT2D eigenvalue weighted by Crippen LogP contribution is -2.24. The maximum atomic E-state index is 12.2. The van der Waals surface area contributed by atoms with Crippen molar-refractivity contribution in [2.75, 3.05) is 5.32 Å². The van der Waals surface area contributed by atoms with E-state index in [2.05, 4.69) is 15.5 Å². The Morgan fingerprint density at radius 1 is 1.48 bits per heavy atom. The minimum absolute atomic E-state index is 0.196. The Labute approximate surface area is 137 Å². The maximum Gasteiger partial charge on any atom is 0.343 e. The minimum atomic E-state index is -0.420. The predicted molar refractivity (Wildman–Crippen MR) is 88.2 cm³/mol. The first-order valence-electron chi connectivity index (χ1n) is 7.18. The van der Waals surface area contributed by atoms with Gasteiger partial charge in [0.1, 0.15) is 0 Å². The number of nitriles is 1. The average Bonchev–Trinajstić information content (AvgIpc) is 2.89. The van der Waals surface area contributed by atoms with Crippen molar-refractivity contribution in [3.63, 3.8) is 0 Å². The number of benzene rings is 1. The predicted octanol–water partition coefficient (Wildman–Crippen LogP) is 1.97. The number of nitrogens with one attached hydrogen (secondary N) is 2. The van der Waals surface area contributed by atoms with E-state index in [4.69, 9.17) is 5.26 Å². The number of nitrogens with zero attached hydrogens (tertiary/aromatic N) is 3. The number of aromatic nitrogens is 3. The molecule has 1 atom stereocenters. The number of thioether (sulfide) groups is 1. The van der Waals surface area contributed by atoms with Crippen LogP contribution in [-0.4, -0.2) is 25.9 Å². The van der Waals surface area contributed by atoms with Gasteiger partial charge < -0.3 is 5.32 Å². The van der Waals surface area contributed by atoms with E-state index in [1.165, 1.54) is 16.3 Å². The third-order valence-corrected chi connectivity index (χ3v) is 4.19. The van der Waals surface area contributed by atoms with E-state index < -0.39 is 5.25 Å². The van der Waals surface area contributed by atoms with Crippen LogP contribution in [0.5, 0.6) is 0 Å². The van der Waals surface area contributed by atoms with Gasteiger partial charge in [-0.2, -0.15) is 5.26 Å². The minimum Gasteiger partial charge on any atom is -0.325 e. The van der Waals surface area contributed by atoms with Gasteiger partial charge in [0.25, 0.3) is 0 Å². The second kappa shape index (κ2) is 7.65. The maximum absolute atomic E-state index is 12.2. The van der Waals surface area contributed by atoms with Gasteiger partial charge in [-0.3, -0.25) is 9.36 Å². The molecule has 2 N–H and O–H groups in total. The SMILES string of the molecule is CCCn1c(S[C@H](C)C(=O)Nc2ccc(C#N)cc2)n[nH]c1=O. The topological polar surface area (TPSA) is 104 Å². The van der Waals surface area contributed by atoms with Crippen LogP contribution in [0, 0.1) is 11.3 Å². The fourth-order valence-electron chi connectivity index (χ4n) is 1.90. The highest BCUT2D eigenvalue weighted by molar-refractivity contribution is 8.00. The van der Waals surface area contributed by atoms with E-state index >= 15 is 0 Å². The van der Waals surface area contributed by atoms with Crippen LogP contribution >= 0.6 is 11.8 Å². The number of aromatic amines is 1. The molecule has 7 nitrogen and oxygen atoms in total. The van der Waals surface area contributed by atoms with Crippen molar-refractivity contribution >= 4 is 23.4 Å². The van der Waals surface area contributed by atoms with Gasteiger partial charge in [-0.1, -0.05) is 18.7 Å². The quantitative estimate of drug-likeness (QED) is 0.788. The van der Waals surface area contributed by atoms with Crippen molar-refractivity contribution in [3.05, 3.63) is 40.3 Å². The van der Waals surface area contributed by atoms with E-state index in [1.807, 2.05) is 13.0 Å². The van der Waals surface area contributed by atoms with Crippen molar-refractivity contribution < 1.29 is 4.79 Å². The number of hydrogen-bond donors (Lipinski definition) is 2. The molecule has 0 fully saturated rings. The molecule has 8 heteroatoms. The molecule has 2 aromatic rings. The summed E-state index contributed by atoms with van der Waals surface area (Å²) in [5, 5.41) is 18.0. The summed E-state index contributed by atoms with van der Waals surface area (Å²) in [6.45, 7) is 4.27. The molecule has 0 saturated heterocycles. The van der Waals surface area contributed by atoms with Crippen molar-refractivity contribution in [2.24, 2.45) is 0 Å². The van der Waals surface area contributed by atoms with Gasteiger partial charge in [-0.05, 0) is 37.6 Å². The first-order valence-corrected chi connectivity index (χ1v) is 8.06. The first-order chi connectivity index (χ1) is 11.0. The van der Waals surface area contributed by atoms with Crippen LogP contribution in [0.3, 0.4) is 0 Å². The van der Waals surface area contributed by atoms with E-state index in [0.29, 0.717) is 23.0 Å². The molecule has 0 aliphatic rings. The molecular formula is C15H17N5O2S. The Kier molecular flexibility index (Phi) is 5.60. The molecule has 0 aliphatic carbocycles. The Morgan fingerprint density at radius 2 is 2.17 bits per heavy atom. The highest BCUT2D eigenvalue weighted by atomic mass is 32.2. The monoisotopic (exact) mass is 331 g/mol. The van der Waals surface area contributed by atoms with Gasteiger partial charge in [0, 0.05) is 12.2 Å². The Balaban J connectivity index is 2.02. The third kappa shape index (κ3) is 4.23. The van der Waals surface area contributed by atoms with Crippen LogP contribution in [0.25, 0.3) is 0 Å². The molecule has 1 aromatic heterocycles. The summed E-state index contributed by atoms with van der Waals surface area (Å²) in [5.74, 6) is -0.196. The fourth-order valence-corrected chi connectivity index (χ4v) is 2.78. The number of amides is 1. The Hall–Kier alpha value is -2.53.